The van der Waals surface area contributed by atoms with Crippen LogP contribution in [0.5, 0.6) is 0 Å². The first-order valence-corrected chi connectivity index (χ1v) is 18.4. The topological polar surface area (TPSA) is 267 Å². The Morgan fingerprint density at radius 1 is 0.706 bits per heavy atom. The maximum Gasteiger partial charge on any atom is 0.353 e. The van der Waals surface area contributed by atoms with E-state index in [-0.39, 0.29) is 58.0 Å². The van der Waals surface area contributed by atoms with Crippen molar-refractivity contribution in [2.75, 3.05) is 65.8 Å². The van der Waals surface area contributed by atoms with Crippen LogP contribution in [0.1, 0.15) is 39.5 Å². The SMILES string of the molecule is CCCCN1CC2O[C@@H](COC[C@@H]3C4CN(C1=N)C(N)=[N+](CCCC)CC1O[C@@H](O)C(O)[C@H](O)[C@@H]1COC[C@H](O4)C(O)[C@@H]3O)C(O)[C@H](O)[C@@H]2CO. The van der Waals surface area contributed by atoms with Gasteiger partial charge in [0.15, 0.2) is 6.29 Å². The van der Waals surface area contributed by atoms with E-state index in [0.717, 1.165) is 12.8 Å². The molecule has 4 fully saturated rings. The Kier molecular flexibility index (Phi) is 14.3. The minimum atomic E-state index is -1.67. The summed E-state index contributed by atoms with van der Waals surface area (Å²) in [5.41, 5.74) is 7.05. The molecule has 11 N–H and O–H groups in total. The quantitative estimate of drug-likeness (QED) is 0.111. The molecular weight excluding hydrogens is 674 g/mol. The Labute approximate surface area is 298 Å². The van der Waals surface area contributed by atoms with Crippen LogP contribution in [-0.2, 0) is 23.7 Å². The predicted molar refractivity (Wildman–Crippen MR) is 178 cm³/mol. The monoisotopic (exact) mass is 734 g/mol. The predicted octanol–water partition coefficient (Wildman–Crippen LogP) is -4.23. The maximum absolute atomic E-state index is 11.5. The molecule has 5 aliphatic heterocycles. The molecule has 0 radical (unpaired) electrons. The number of hydrogen-bond donors (Lipinski definition) is 10. The van der Waals surface area contributed by atoms with E-state index in [9.17, 15) is 46.3 Å². The van der Waals surface area contributed by atoms with Crippen molar-refractivity contribution in [3.8, 4) is 0 Å². The molecule has 0 amide bonds. The molecule has 15 atom stereocenters. The summed E-state index contributed by atoms with van der Waals surface area (Å²) in [5.74, 6) is -2.47. The fourth-order valence-electron chi connectivity index (χ4n) is 7.81. The van der Waals surface area contributed by atoms with E-state index in [4.69, 9.17) is 29.4 Å². The van der Waals surface area contributed by atoms with Crippen molar-refractivity contribution in [1.82, 2.24) is 9.80 Å². The van der Waals surface area contributed by atoms with Crippen molar-refractivity contribution < 1.29 is 69.1 Å². The standard InChI is InChI=1S/C33H59N5O13/c1-3-5-7-36-9-20-17(12-39)25(40)28(43)23(49-20)15-48-14-19-22-11-38(32(36)34)33(35)37(8-6-4-2)10-21-18(27(42)30(45)31(46)51-21)13-47-16-24(50-22)29(44)26(19)41/h17-31,34-35,39-46H,3-16H2,1-2H3/p+1/t17-,18-,19-,20?,21?,22?,23+,24+,25-,26-,27-,28?,29?,30?,31-/m1/s1. The summed E-state index contributed by atoms with van der Waals surface area (Å²) in [6.07, 6.45) is -11.9. The molecule has 6 unspecified atom stereocenters. The van der Waals surface area contributed by atoms with E-state index in [1.165, 1.54) is 0 Å². The van der Waals surface area contributed by atoms with Gasteiger partial charge in [-0.25, -0.2) is 0 Å². The number of aliphatic hydroxyl groups excluding tert-OH is 8. The third-order valence-corrected chi connectivity index (χ3v) is 11.1. The second kappa shape index (κ2) is 18.0. The molecule has 18 heteroatoms. The molecule has 5 bridgehead atoms. The highest BCUT2D eigenvalue weighted by molar-refractivity contribution is 5.94. The van der Waals surface area contributed by atoms with E-state index in [2.05, 4.69) is 0 Å². The van der Waals surface area contributed by atoms with Gasteiger partial charge in [-0.1, -0.05) is 26.7 Å². The Morgan fingerprint density at radius 2 is 1.29 bits per heavy atom. The van der Waals surface area contributed by atoms with Gasteiger partial charge >= 0.3 is 5.96 Å². The molecule has 0 aromatic rings. The second-order valence-corrected chi connectivity index (χ2v) is 14.6. The summed E-state index contributed by atoms with van der Waals surface area (Å²) in [6, 6.07) is 0. The lowest BCUT2D eigenvalue weighted by atomic mass is 9.86. The number of aliphatic hydroxyl groups is 8. The average Bonchev–Trinajstić information content (AvgIpc) is 3.12. The molecule has 5 aliphatic rings. The second-order valence-electron chi connectivity index (χ2n) is 14.6. The molecule has 4 saturated heterocycles. The fourth-order valence-corrected chi connectivity index (χ4v) is 7.81. The van der Waals surface area contributed by atoms with Gasteiger partial charge in [0.2, 0.25) is 0 Å². The average molecular weight is 735 g/mol. The van der Waals surface area contributed by atoms with Crippen LogP contribution in [0.4, 0.5) is 0 Å². The summed E-state index contributed by atoms with van der Waals surface area (Å²) in [7, 11) is 0. The molecule has 0 aromatic carbocycles. The zero-order chi connectivity index (χ0) is 37.0. The van der Waals surface area contributed by atoms with Gasteiger partial charge in [-0.05, 0) is 12.8 Å². The molecule has 5 rings (SSSR count). The number of unbranched alkanes of at least 4 members (excludes halogenated alkanes) is 2. The Bertz CT molecular complexity index is 1170. The van der Waals surface area contributed by atoms with E-state index in [1.54, 1.807) is 14.4 Å². The number of fused-ring (bicyclic) bond motifs is 5. The van der Waals surface area contributed by atoms with Gasteiger partial charge in [0.1, 0.15) is 37.1 Å². The number of nitrogens with two attached hydrogens (primary N) is 1. The largest absolute Gasteiger partial charge is 0.396 e. The molecule has 0 aromatic heterocycles. The maximum atomic E-state index is 11.5. The highest BCUT2D eigenvalue weighted by Crippen LogP contribution is 2.33. The van der Waals surface area contributed by atoms with Crippen molar-refractivity contribution in [2.24, 2.45) is 23.5 Å². The molecule has 0 aliphatic carbocycles. The molecule has 5 heterocycles. The Morgan fingerprint density at radius 3 is 1.92 bits per heavy atom. The van der Waals surface area contributed by atoms with Gasteiger partial charge in [-0.15, -0.1) is 0 Å². The van der Waals surface area contributed by atoms with E-state index < -0.39 is 97.8 Å². The van der Waals surface area contributed by atoms with Gasteiger partial charge in [-0.2, -0.15) is 4.90 Å². The molecule has 0 saturated carbocycles. The number of nitrogens with zero attached hydrogens (tertiary/aromatic N) is 3. The van der Waals surface area contributed by atoms with Gasteiger partial charge in [0.05, 0.1) is 82.7 Å². The molecule has 294 valence electrons. The Balaban J connectivity index is 1.63. The van der Waals surface area contributed by atoms with Crippen molar-refractivity contribution in [2.45, 2.75) is 113 Å². The molecule has 18 nitrogen and oxygen atoms in total. The van der Waals surface area contributed by atoms with Crippen molar-refractivity contribution >= 4 is 11.9 Å². The number of ether oxygens (including phenoxy) is 5. The smallest absolute Gasteiger partial charge is 0.353 e. The number of rotatable bonds is 7. The van der Waals surface area contributed by atoms with Crippen LogP contribution in [-0.4, -0.2) is 206 Å². The molecule has 51 heavy (non-hydrogen) atoms. The van der Waals surface area contributed by atoms with E-state index in [1.807, 2.05) is 13.8 Å². The summed E-state index contributed by atoms with van der Waals surface area (Å²) < 4.78 is 32.3. The lowest BCUT2D eigenvalue weighted by molar-refractivity contribution is -0.549. The molecule has 0 spiro atoms. The van der Waals surface area contributed by atoms with Crippen LogP contribution in [0.2, 0.25) is 0 Å². The zero-order valence-corrected chi connectivity index (χ0v) is 29.6. The van der Waals surface area contributed by atoms with Crippen LogP contribution in [0.15, 0.2) is 0 Å². The first-order chi connectivity index (χ1) is 24.4. The number of nitrogens with one attached hydrogen (secondary N) is 1. The first-order valence-electron chi connectivity index (χ1n) is 18.4. The van der Waals surface area contributed by atoms with Gasteiger partial charge in [-0.3, -0.25) is 15.7 Å². The minimum absolute atomic E-state index is 0.0519. The summed E-state index contributed by atoms with van der Waals surface area (Å²) in [6.45, 7) is 3.72. The van der Waals surface area contributed by atoms with E-state index >= 15 is 0 Å². The normalized spacial score (nSPS) is 43.3. The fraction of sp³-hybridized carbons (Fsp3) is 0.939. The van der Waals surface area contributed by atoms with Gasteiger partial charge in [0, 0.05) is 30.8 Å². The Hall–Kier alpha value is -1.78. The minimum Gasteiger partial charge on any atom is -0.396 e. The lowest BCUT2D eigenvalue weighted by Crippen LogP contribution is -2.63. The van der Waals surface area contributed by atoms with Crippen molar-refractivity contribution in [3.05, 3.63) is 0 Å². The summed E-state index contributed by atoms with van der Waals surface area (Å²) >= 11 is 0. The first kappa shape index (κ1) is 40.4. The number of guanidine groups is 2. The van der Waals surface area contributed by atoms with Crippen LogP contribution < -0.4 is 5.73 Å². The lowest BCUT2D eigenvalue weighted by Gasteiger charge is -2.44. The van der Waals surface area contributed by atoms with Crippen LogP contribution in [0.25, 0.3) is 0 Å². The number of hydrogen-bond acceptors (Lipinski definition) is 15. The van der Waals surface area contributed by atoms with Gasteiger partial charge in [0.25, 0.3) is 5.96 Å². The highest BCUT2D eigenvalue weighted by Gasteiger charge is 2.51. The molecular formula is C33H60N5O13+. The van der Waals surface area contributed by atoms with Gasteiger partial charge < -0.3 is 69.4 Å². The van der Waals surface area contributed by atoms with Crippen molar-refractivity contribution in [3.63, 3.8) is 0 Å². The third kappa shape index (κ3) is 8.80. The summed E-state index contributed by atoms with van der Waals surface area (Å²) in [5, 5.41) is 96.8. The zero-order valence-electron chi connectivity index (χ0n) is 29.6. The summed E-state index contributed by atoms with van der Waals surface area (Å²) in [4.78, 5) is 3.30. The van der Waals surface area contributed by atoms with Crippen LogP contribution >= 0.6 is 0 Å². The van der Waals surface area contributed by atoms with E-state index in [0.29, 0.717) is 25.9 Å². The van der Waals surface area contributed by atoms with Crippen LogP contribution in [0, 0.1) is 23.2 Å². The van der Waals surface area contributed by atoms with Crippen LogP contribution in [0.3, 0.4) is 0 Å². The highest BCUT2D eigenvalue weighted by atomic mass is 16.6. The van der Waals surface area contributed by atoms with Crippen molar-refractivity contribution in [1.29, 1.82) is 5.41 Å². The third-order valence-electron chi connectivity index (χ3n) is 11.1.